The van der Waals surface area contributed by atoms with Crippen molar-refractivity contribution in [1.29, 1.82) is 0 Å². The zero-order chi connectivity index (χ0) is 21.8. The van der Waals surface area contributed by atoms with Crippen molar-refractivity contribution in [3.63, 3.8) is 0 Å². The van der Waals surface area contributed by atoms with Gasteiger partial charge in [-0.25, -0.2) is 9.97 Å². The molecule has 3 aromatic rings. The van der Waals surface area contributed by atoms with Crippen LogP contribution in [0.15, 0.2) is 47.1 Å². The van der Waals surface area contributed by atoms with Crippen molar-refractivity contribution in [1.82, 2.24) is 20.0 Å². The molecule has 0 saturated carbocycles. The van der Waals surface area contributed by atoms with Gasteiger partial charge in [0.05, 0.1) is 23.0 Å². The maximum atomic E-state index is 13.3. The van der Waals surface area contributed by atoms with Crippen molar-refractivity contribution in [3.8, 4) is 11.3 Å². The summed E-state index contributed by atoms with van der Waals surface area (Å²) in [5, 5.41) is 4.03. The summed E-state index contributed by atoms with van der Waals surface area (Å²) in [5.41, 5.74) is 3.62. The number of carbonyl (C=O) groups excluding carboxylic acids is 1. The highest BCUT2D eigenvalue weighted by Crippen LogP contribution is 2.37. The predicted molar refractivity (Wildman–Crippen MR) is 120 cm³/mol. The monoisotopic (exact) mass is 419 g/mol. The first-order valence-corrected chi connectivity index (χ1v) is 10.8. The SMILES string of the molecule is Cc1cc(-c2cnc(N(C)C)nc2C2CCCCN2C(=O)CCc2ccccc2)on1. The largest absolute Gasteiger partial charge is 0.356 e. The number of likely N-dealkylation sites (tertiary alicyclic amines) is 1. The number of benzene rings is 1. The van der Waals surface area contributed by atoms with Crippen molar-refractivity contribution in [2.45, 2.75) is 45.1 Å². The molecule has 1 fully saturated rings. The Morgan fingerprint density at radius 2 is 2.03 bits per heavy atom. The number of carbonyl (C=O) groups is 1. The fraction of sp³-hybridized carbons (Fsp3) is 0.417. The van der Waals surface area contributed by atoms with Crippen molar-refractivity contribution in [3.05, 3.63) is 59.5 Å². The van der Waals surface area contributed by atoms with Crippen LogP contribution in [0.2, 0.25) is 0 Å². The molecule has 2 aromatic heterocycles. The van der Waals surface area contributed by atoms with E-state index in [0.717, 1.165) is 49.2 Å². The number of hydrogen-bond acceptors (Lipinski definition) is 6. The van der Waals surface area contributed by atoms with E-state index in [0.29, 0.717) is 18.1 Å². The summed E-state index contributed by atoms with van der Waals surface area (Å²) in [5.74, 6) is 1.43. The summed E-state index contributed by atoms with van der Waals surface area (Å²) in [6, 6.07) is 12.0. The van der Waals surface area contributed by atoms with Gasteiger partial charge in [0.15, 0.2) is 5.76 Å². The molecule has 0 N–H and O–H groups in total. The highest BCUT2D eigenvalue weighted by atomic mass is 16.5. The lowest BCUT2D eigenvalue weighted by molar-refractivity contribution is -0.135. The molecule has 1 aliphatic heterocycles. The Morgan fingerprint density at radius 3 is 2.74 bits per heavy atom. The van der Waals surface area contributed by atoms with E-state index < -0.39 is 0 Å². The van der Waals surface area contributed by atoms with Crippen LogP contribution in [0.5, 0.6) is 0 Å². The Balaban J connectivity index is 1.64. The summed E-state index contributed by atoms with van der Waals surface area (Å²) < 4.78 is 5.54. The van der Waals surface area contributed by atoms with Gasteiger partial charge in [-0.3, -0.25) is 4.79 Å². The average molecular weight is 420 g/mol. The molecule has 1 atom stereocenters. The van der Waals surface area contributed by atoms with Crippen LogP contribution in [0.4, 0.5) is 5.95 Å². The molecule has 1 unspecified atom stereocenters. The third-order valence-electron chi connectivity index (χ3n) is 5.71. The minimum absolute atomic E-state index is 0.0980. The van der Waals surface area contributed by atoms with Crippen LogP contribution < -0.4 is 4.90 Å². The first-order chi connectivity index (χ1) is 15.0. The summed E-state index contributed by atoms with van der Waals surface area (Å²) in [7, 11) is 3.84. The van der Waals surface area contributed by atoms with Gasteiger partial charge in [-0.2, -0.15) is 0 Å². The predicted octanol–water partition coefficient (Wildman–Crippen LogP) is 4.19. The minimum atomic E-state index is -0.0980. The van der Waals surface area contributed by atoms with Gasteiger partial charge in [0, 0.05) is 39.3 Å². The Kier molecular flexibility index (Phi) is 6.30. The van der Waals surface area contributed by atoms with Gasteiger partial charge in [-0.05, 0) is 38.2 Å². The molecule has 4 rings (SSSR count). The molecule has 162 valence electrons. The molecule has 1 aromatic carbocycles. The molecule has 0 spiro atoms. The Bertz CT molecular complexity index is 1030. The zero-order valence-corrected chi connectivity index (χ0v) is 18.4. The van der Waals surface area contributed by atoms with Crippen LogP contribution in [-0.4, -0.2) is 46.6 Å². The van der Waals surface area contributed by atoms with Gasteiger partial charge < -0.3 is 14.3 Å². The number of piperidine rings is 1. The van der Waals surface area contributed by atoms with Gasteiger partial charge in [0.1, 0.15) is 0 Å². The number of anilines is 1. The lowest BCUT2D eigenvalue weighted by atomic mass is 9.95. The second kappa shape index (κ2) is 9.29. The molecular weight excluding hydrogens is 390 g/mol. The van der Waals surface area contributed by atoms with Gasteiger partial charge in [-0.1, -0.05) is 35.5 Å². The summed E-state index contributed by atoms with van der Waals surface area (Å²) in [4.78, 5) is 26.5. The number of nitrogens with zero attached hydrogens (tertiary/aromatic N) is 5. The molecule has 7 nitrogen and oxygen atoms in total. The molecule has 7 heteroatoms. The van der Waals surface area contributed by atoms with Crippen molar-refractivity contribution < 1.29 is 9.32 Å². The van der Waals surface area contributed by atoms with E-state index in [1.54, 1.807) is 6.20 Å². The van der Waals surface area contributed by atoms with Gasteiger partial charge >= 0.3 is 0 Å². The molecular formula is C24H29N5O2. The fourth-order valence-electron chi connectivity index (χ4n) is 4.09. The van der Waals surface area contributed by atoms with Crippen LogP contribution >= 0.6 is 0 Å². The van der Waals surface area contributed by atoms with Crippen LogP contribution in [-0.2, 0) is 11.2 Å². The topological polar surface area (TPSA) is 75.4 Å². The van der Waals surface area contributed by atoms with E-state index in [1.807, 2.05) is 55.1 Å². The summed E-state index contributed by atoms with van der Waals surface area (Å²) in [6.45, 7) is 2.64. The van der Waals surface area contributed by atoms with Crippen LogP contribution in [0, 0.1) is 6.92 Å². The van der Waals surface area contributed by atoms with Gasteiger partial charge in [0.2, 0.25) is 11.9 Å². The zero-order valence-electron chi connectivity index (χ0n) is 18.4. The van der Waals surface area contributed by atoms with E-state index in [9.17, 15) is 4.79 Å². The van der Waals surface area contributed by atoms with Crippen molar-refractivity contribution >= 4 is 11.9 Å². The fourth-order valence-corrected chi connectivity index (χ4v) is 4.09. The number of rotatable bonds is 6. The maximum Gasteiger partial charge on any atom is 0.225 e. The molecule has 1 aliphatic rings. The second-order valence-corrected chi connectivity index (χ2v) is 8.28. The van der Waals surface area contributed by atoms with E-state index in [1.165, 1.54) is 5.56 Å². The first-order valence-electron chi connectivity index (χ1n) is 10.8. The van der Waals surface area contributed by atoms with Crippen molar-refractivity contribution in [2.24, 2.45) is 0 Å². The third-order valence-corrected chi connectivity index (χ3v) is 5.71. The normalized spacial score (nSPS) is 16.4. The standard InChI is InChI=1S/C24H29N5O2/c1-17-15-21(31-27-17)19-16-25-24(28(2)3)26-23(19)20-11-7-8-14-29(20)22(30)13-12-18-9-5-4-6-10-18/h4-6,9-10,15-16,20H,7-8,11-14H2,1-3H3. The smallest absolute Gasteiger partial charge is 0.225 e. The number of hydrogen-bond donors (Lipinski definition) is 0. The van der Waals surface area contributed by atoms with E-state index in [2.05, 4.69) is 22.3 Å². The Morgan fingerprint density at radius 1 is 1.23 bits per heavy atom. The van der Waals surface area contributed by atoms with Crippen LogP contribution in [0.3, 0.4) is 0 Å². The number of aromatic nitrogens is 3. The van der Waals surface area contributed by atoms with Gasteiger partial charge in [0.25, 0.3) is 0 Å². The van der Waals surface area contributed by atoms with E-state index >= 15 is 0 Å². The molecule has 3 heterocycles. The quantitative estimate of drug-likeness (QED) is 0.596. The number of aryl methyl sites for hydroxylation is 2. The molecule has 0 bridgehead atoms. The lowest BCUT2D eigenvalue weighted by Crippen LogP contribution is -2.39. The van der Waals surface area contributed by atoms with Crippen molar-refractivity contribution in [2.75, 3.05) is 25.5 Å². The minimum Gasteiger partial charge on any atom is -0.356 e. The molecule has 0 radical (unpaired) electrons. The number of amides is 1. The maximum absolute atomic E-state index is 13.3. The first kappa shape index (κ1) is 21.0. The second-order valence-electron chi connectivity index (χ2n) is 8.28. The summed E-state index contributed by atoms with van der Waals surface area (Å²) >= 11 is 0. The molecule has 31 heavy (non-hydrogen) atoms. The van der Waals surface area contributed by atoms with E-state index in [4.69, 9.17) is 9.51 Å². The van der Waals surface area contributed by atoms with Crippen LogP contribution in [0.1, 0.15) is 48.7 Å². The Labute approximate surface area is 183 Å². The molecule has 0 aliphatic carbocycles. The third kappa shape index (κ3) is 4.76. The average Bonchev–Trinajstić information content (AvgIpc) is 3.23. The Hall–Kier alpha value is -3.22. The molecule has 1 amide bonds. The van der Waals surface area contributed by atoms with Gasteiger partial charge in [-0.15, -0.1) is 0 Å². The molecule has 1 saturated heterocycles. The summed E-state index contributed by atoms with van der Waals surface area (Å²) in [6.07, 6.45) is 5.96. The highest BCUT2D eigenvalue weighted by molar-refractivity contribution is 5.77. The van der Waals surface area contributed by atoms with E-state index in [-0.39, 0.29) is 11.9 Å². The lowest BCUT2D eigenvalue weighted by Gasteiger charge is -2.36. The highest BCUT2D eigenvalue weighted by Gasteiger charge is 2.32. The van der Waals surface area contributed by atoms with Crippen LogP contribution in [0.25, 0.3) is 11.3 Å².